The summed E-state index contributed by atoms with van der Waals surface area (Å²) in [5.74, 6) is 2.31. The summed E-state index contributed by atoms with van der Waals surface area (Å²) in [4.78, 5) is 31.9. The van der Waals surface area contributed by atoms with Gasteiger partial charge in [-0.2, -0.15) is 11.8 Å². The molecule has 1 aromatic rings. The van der Waals surface area contributed by atoms with Crippen LogP contribution in [0, 0.1) is 0 Å². The Morgan fingerprint density at radius 1 is 1.28 bits per heavy atom. The maximum absolute atomic E-state index is 12.2. The molecule has 2 heterocycles. The molecule has 2 amide bonds. The van der Waals surface area contributed by atoms with Crippen LogP contribution in [0.5, 0.6) is 17.2 Å². The average Bonchev–Trinajstić information content (AvgIpc) is 3.09. The van der Waals surface area contributed by atoms with Gasteiger partial charge < -0.3 is 24.2 Å². The summed E-state index contributed by atoms with van der Waals surface area (Å²) >= 11 is 1.79. The molecule has 0 spiro atoms. The number of hydrogen-bond donors (Lipinski definition) is 3. The van der Waals surface area contributed by atoms with E-state index in [1.54, 1.807) is 16.7 Å². The molecule has 0 aliphatic carbocycles. The van der Waals surface area contributed by atoms with Crippen LogP contribution >= 0.6 is 19.6 Å². The van der Waals surface area contributed by atoms with Gasteiger partial charge in [0.1, 0.15) is 17.2 Å². The number of carbonyl (C=O) groups is 1. The van der Waals surface area contributed by atoms with Gasteiger partial charge in [0.05, 0.1) is 38.4 Å². The first-order valence-electron chi connectivity index (χ1n) is 7.47. The van der Waals surface area contributed by atoms with Gasteiger partial charge in [0, 0.05) is 23.6 Å². The predicted molar refractivity (Wildman–Crippen MR) is 91.2 cm³/mol. The zero-order chi connectivity index (χ0) is 18.2. The SMILES string of the molecule is COc1cc(OP(=O)(O)O)cc(OC)c1CN1C(=O)NC2CSCC21. The second kappa shape index (κ2) is 6.95. The third-order valence-corrected chi connectivity index (χ3v) is 5.78. The molecule has 2 atom stereocenters. The van der Waals surface area contributed by atoms with E-state index in [9.17, 15) is 9.36 Å². The summed E-state index contributed by atoms with van der Waals surface area (Å²) in [6.07, 6.45) is 0. The number of phosphoric ester groups is 1. The van der Waals surface area contributed by atoms with Crippen LogP contribution in [0.2, 0.25) is 0 Å². The highest BCUT2D eigenvalue weighted by Crippen LogP contribution is 2.43. The van der Waals surface area contributed by atoms with Crippen molar-refractivity contribution in [2.75, 3.05) is 25.7 Å². The standard InChI is InChI=1S/C14H19N2O7PS/c1-21-12-3-8(23-24(18,19)20)4-13(22-2)9(12)5-16-11-7-25-6-10(11)15-14(16)17/h3-4,10-11H,5-7H2,1-2H3,(H,15,17)(H2,18,19,20). The number of benzene rings is 1. The summed E-state index contributed by atoms with van der Waals surface area (Å²) in [5.41, 5.74) is 0.607. The van der Waals surface area contributed by atoms with Crippen molar-refractivity contribution < 1.29 is 33.1 Å². The Morgan fingerprint density at radius 2 is 1.92 bits per heavy atom. The average molecular weight is 390 g/mol. The molecule has 1 aromatic carbocycles. The molecule has 11 heteroatoms. The first-order valence-corrected chi connectivity index (χ1v) is 10.2. The molecule has 0 radical (unpaired) electrons. The van der Waals surface area contributed by atoms with Crippen LogP contribution in [0.3, 0.4) is 0 Å². The minimum Gasteiger partial charge on any atom is -0.496 e. The largest absolute Gasteiger partial charge is 0.524 e. The summed E-state index contributed by atoms with van der Waals surface area (Å²) in [6.45, 7) is 0.260. The Labute approximate surface area is 148 Å². The van der Waals surface area contributed by atoms with Crippen LogP contribution in [0.1, 0.15) is 5.56 Å². The first-order chi connectivity index (χ1) is 11.8. The molecule has 0 bridgehead atoms. The molecule has 2 unspecified atom stereocenters. The smallest absolute Gasteiger partial charge is 0.496 e. The number of methoxy groups -OCH3 is 2. The van der Waals surface area contributed by atoms with E-state index in [1.807, 2.05) is 0 Å². The molecule has 0 aromatic heterocycles. The second-order valence-corrected chi connectivity index (χ2v) is 7.92. The number of thioether (sulfide) groups is 1. The highest BCUT2D eigenvalue weighted by Gasteiger charge is 2.43. The van der Waals surface area contributed by atoms with E-state index in [1.165, 1.54) is 26.4 Å². The first kappa shape index (κ1) is 18.2. The topological polar surface area (TPSA) is 118 Å². The molecule has 3 N–H and O–H groups in total. The lowest BCUT2D eigenvalue weighted by Crippen LogP contribution is -2.35. The van der Waals surface area contributed by atoms with Crippen molar-refractivity contribution >= 4 is 25.6 Å². The van der Waals surface area contributed by atoms with Gasteiger partial charge in [-0.25, -0.2) is 9.36 Å². The van der Waals surface area contributed by atoms with Crippen molar-refractivity contribution in [1.29, 1.82) is 0 Å². The maximum Gasteiger partial charge on any atom is 0.524 e. The Hall–Kier alpha value is -1.61. The minimum atomic E-state index is -4.71. The number of fused-ring (bicyclic) bond motifs is 1. The molecule has 138 valence electrons. The van der Waals surface area contributed by atoms with Crippen LogP contribution in [-0.4, -0.2) is 58.5 Å². The number of hydrogen-bond acceptors (Lipinski definition) is 6. The van der Waals surface area contributed by atoms with Crippen molar-refractivity contribution in [3.63, 3.8) is 0 Å². The van der Waals surface area contributed by atoms with Crippen LogP contribution in [0.4, 0.5) is 4.79 Å². The number of urea groups is 1. The zero-order valence-electron chi connectivity index (χ0n) is 13.7. The van der Waals surface area contributed by atoms with E-state index < -0.39 is 7.82 Å². The molecule has 2 aliphatic rings. The number of nitrogens with zero attached hydrogens (tertiary/aromatic N) is 1. The molecule has 2 aliphatic heterocycles. The lowest BCUT2D eigenvalue weighted by Gasteiger charge is -2.24. The predicted octanol–water partition coefficient (Wildman–Crippen LogP) is 1.18. The van der Waals surface area contributed by atoms with Crippen LogP contribution in [0.15, 0.2) is 12.1 Å². The molecule has 2 saturated heterocycles. The fraction of sp³-hybridized carbons (Fsp3) is 0.500. The quantitative estimate of drug-likeness (QED) is 0.490. The van der Waals surface area contributed by atoms with Gasteiger partial charge >= 0.3 is 13.9 Å². The Balaban J connectivity index is 1.92. The molecule has 0 saturated carbocycles. The number of amides is 2. The van der Waals surface area contributed by atoms with E-state index in [4.69, 9.17) is 19.3 Å². The van der Waals surface area contributed by atoms with Gasteiger partial charge in [0.25, 0.3) is 0 Å². The van der Waals surface area contributed by atoms with Crippen molar-refractivity contribution in [3.8, 4) is 17.2 Å². The van der Waals surface area contributed by atoms with Crippen molar-refractivity contribution in [1.82, 2.24) is 10.2 Å². The monoisotopic (exact) mass is 390 g/mol. The lowest BCUT2D eigenvalue weighted by molar-refractivity contribution is 0.202. The van der Waals surface area contributed by atoms with E-state index in [-0.39, 0.29) is 30.4 Å². The van der Waals surface area contributed by atoms with Crippen LogP contribution in [-0.2, 0) is 11.1 Å². The van der Waals surface area contributed by atoms with E-state index in [0.29, 0.717) is 17.1 Å². The normalized spacial score (nSPS) is 22.6. The summed E-state index contributed by atoms with van der Waals surface area (Å²) in [7, 11) is -1.85. The number of carbonyl (C=O) groups excluding carboxylic acids is 1. The van der Waals surface area contributed by atoms with Crippen molar-refractivity contribution in [2.24, 2.45) is 0 Å². The van der Waals surface area contributed by atoms with Crippen LogP contribution < -0.4 is 19.3 Å². The van der Waals surface area contributed by atoms with E-state index in [0.717, 1.165) is 11.5 Å². The third-order valence-electron chi connectivity index (χ3n) is 4.15. The fourth-order valence-corrected chi connectivity index (χ4v) is 4.77. The molecule has 9 nitrogen and oxygen atoms in total. The Morgan fingerprint density at radius 3 is 2.48 bits per heavy atom. The summed E-state index contributed by atoms with van der Waals surface area (Å²) < 4.78 is 26.3. The summed E-state index contributed by atoms with van der Waals surface area (Å²) in [6, 6.07) is 2.82. The van der Waals surface area contributed by atoms with E-state index >= 15 is 0 Å². The number of ether oxygens (including phenoxy) is 2. The Bertz CT molecular complexity index is 700. The number of rotatable bonds is 6. The fourth-order valence-electron chi connectivity index (χ4n) is 3.05. The van der Waals surface area contributed by atoms with E-state index in [2.05, 4.69) is 9.84 Å². The van der Waals surface area contributed by atoms with Crippen LogP contribution in [0.25, 0.3) is 0 Å². The maximum atomic E-state index is 12.2. The number of nitrogens with one attached hydrogen (secondary N) is 1. The van der Waals surface area contributed by atoms with Gasteiger partial charge in [-0.15, -0.1) is 0 Å². The van der Waals surface area contributed by atoms with Crippen molar-refractivity contribution in [3.05, 3.63) is 17.7 Å². The lowest BCUT2D eigenvalue weighted by atomic mass is 10.1. The zero-order valence-corrected chi connectivity index (χ0v) is 15.4. The van der Waals surface area contributed by atoms with Gasteiger partial charge in [0.15, 0.2) is 0 Å². The minimum absolute atomic E-state index is 0.0778. The molecular formula is C14H19N2O7PS. The highest BCUT2D eigenvalue weighted by atomic mass is 32.2. The third kappa shape index (κ3) is 3.82. The molecule has 3 rings (SSSR count). The summed E-state index contributed by atoms with van der Waals surface area (Å²) in [5, 5.41) is 2.96. The van der Waals surface area contributed by atoms with Crippen molar-refractivity contribution in [2.45, 2.75) is 18.6 Å². The van der Waals surface area contributed by atoms with Gasteiger partial charge in [-0.1, -0.05) is 0 Å². The Kier molecular flexibility index (Phi) is 5.06. The molecular weight excluding hydrogens is 371 g/mol. The highest BCUT2D eigenvalue weighted by molar-refractivity contribution is 7.99. The van der Waals surface area contributed by atoms with Gasteiger partial charge in [-0.3, -0.25) is 9.79 Å². The van der Waals surface area contributed by atoms with Gasteiger partial charge in [0.2, 0.25) is 0 Å². The number of phosphoric acid groups is 1. The van der Waals surface area contributed by atoms with Gasteiger partial charge in [-0.05, 0) is 0 Å². The molecule has 2 fully saturated rings. The molecule has 25 heavy (non-hydrogen) atoms. The second-order valence-electron chi connectivity index (χ2n) is 5.68.